The van der Waals surface area contributed by atoms with E-state index in [0.29, 0.717) is 12.5 Å². The Bertz CT molecular complexity index is 163. The van der Waals surface area contributed by atoms with Crippen LogP contribution in [0.3, 0.4) is 0 Å². The zero-order valence-electron chi connectivity index (χ0n) is 7.00. The van der Waals surface area contributed by atoms with E-state index in [2.05, 4.69) is 5.16 Å². The molecule has 0 unspecified atom stereocenters. The second-order valence-corrected chi connectivity index (χ2v) is 2.67. The molecule has 0 aliphatic carbocycles. The fourth-order valence-electron chi connectivity index (χ4n) is 0.322. The van der Waals surface area contributed by atoms with Gasteiger partial charge >= 0.3 is 5.97 Å². The molecule has 0 aromatic carbocycles. The summed E-state index contributed by atoms with van der Waals surface area (Å²) in [5, 5.41) is 11.7. The summed E-state index contributed by atoms with van der Waals surface area (Å²) in [4.78, 5) is 14.9. The van der Waals surface area contributed by atoms with Gasteiger partial charge in [0.25, 0.3) is 0 Å². The minimum Gasteiger partial charge on any atom is -0.477 e. The Kier molecular flexibility index (Phi) is 4.26. The van der Waals surface area contributed by atoms with Crippen molar-refractivity contribution in [1.82, 2.24) is 0 Å². The maximum Gasteiger partial charge on any atom is 0.353 e. The van der Waals surface area contributed by atoms with Crippen molar-refractivity contribution in [3.63, 3.8) is 0 Å². The largest absolute Gasteiger partial charge is 0.477 e. The summed E-state index contributed by atoms with van der Waals surface area (Å²) in [6.07, 6.45) is 0. The molecule has 0 radical (unpaired) electrons. The van der Waals surface area contributed by atoms with Crippen LogP contribution >= 0.6 is 0 Å². The molecule has 11 heavy (non-hydrogen) atoms. The zero-order chi connectivity index (χ0) is 8.85. The monoisotopic (exact) mass is 159 g/mol. The topological polar surface area (TPSA) is 58.9 Å². The highest BCUT2D eigenvalue weighted by atomic mass is 16.6. The van der Waals surface area contributed by atoms with E-state index in [1.807, 2.05) is 13.8 Å². The fraction of sp³-hybridized carbons (Fsp3) is 0.714. The van der Waals surface area contributed by atoms with E-state index in [1.165, 1.54) is 6.92 Å². The molecule has 0 saturated carbocycles. The van der Waals surface area contributed by atoms with E-state index in [9.17, 15) is 4.79 Å². The van der Waals surface area contributed by atoms with Crippen molar-refractivity contribution in [3.8, 4) is 0 Å². The average Bonchev–Trinajstić information content (AvgIpc) is 1.86. The van der Waals surface area contributed by atoms with Crippen LogP contribution in [0.25, 0.3) is 0 Å². The minimum atomic E-state index is -1.05. The van der Waals surface area contributed by atoms with Gasteiger partial charge < -0.3 is 9.94 Å². The van der Waals surface area contributed by atoms with Gasteiger partial charge in [-0.3, -0.25) is 0 Å². The molecule has 0 bridgehead atoms. The predicted octanol–water partition coefficient (Wildman–Crippen LogP) is 1.12. The molecule has 0 atom stereocenters. The van der Waals surface area contributed by atoms with Gasteiger partial charge in [0.05, 0.1) is 0 Å². The first-order valence-corrected chi connectivity index (χ1v) is 3.44. The normalized spacial score (nSPS) is 11.8. The van der Waals surface area contributed by atoms with Gasteiger partial charge in [0.2, 0.25) is 0 Å². The second kappa shape index (κ2) is 4.71. The summed E-state index contributed by atoms with van der Waals surface area (Å²) >= 11 is 0. The quantitative estimate of drug-likeness (QED) is 0.494. The predicted molar refractivity (Wildman–Crippen MR) is 41.5 cm³/mol. The third-order valence-corrected chi connectivity index (χ3v) is 0.919. The molecule has 0 amide bonds. The number of rotatable bonds is 4. The number of hydrogen-bond acceptors (Lipinski definition) is 3. The lowest BCUT2D eigenvalue weighted by atomic mass is 10.2. The molecule has 0 fully saturated rings. The van der Waals surface area contributed by atoms with Gasteiger partial charge in [-0.15, -0.1) is 0 Å². The molecule has 0 aromatic rings. The van der Waals surface area contributed by atoms with E-state index in [4.69, 9.17) is 9.94 Å². The molecule has 0 rings (SSSR count). The molecule has 1 N–H and O–H groups in total. The standard InChI is InChI=1S/C7H13NO3/c1-5(2)4-11-8-6(3)7(9)10/h5H,4H2,1-3H3,(H,9,10)/b8-6+. The highest BCUT2D eigenvalue weighted by Gasteiger charge is 2.01. The number of oxime groups is 1. The number of carboxylic acid groups (broad SMARTS) is 1. The third-order valence-electron chi connectivity index (χ3n) is 0.919. The van der Waals surface area contributed by atoms with Crippen molar-refractivity contribution in [2.24, 2.45) is 11.1 Å². The SMILES string of the molecule is C/C(=N\OCC(C)C)C(=O)O. The Labute approximate surface area is 65.8 Å². The van der Waals surface area contributed by atoms with Crippen LogP contribution in [-0.4, -0.2) is 23.4 Å². The Morgan fingerprint density at radius 3 is 2.55 bits per heavy atom. The van der Waals surface area contributed by atoms with Gasteiger partial charge in [-0.1, -0.05) is 19.0 Å². The first-order valence-electron chi connectivity index (χ1n) is 3.44. The number of nitrogens with zero attached hydrogens (tertiary/aromatic N) is 1. The van der Waals surface area contributed by atoms with E-state index in [-0.39, 0.29) is 5.71 Å². The Morgan fingerprint density at radius 2 is 2.18 bits per heavy atom. The number of carboxylic acids is 1. The molecule has 64 valence electrons. The summed E-state index contributed by atoms with van der Waals surface area (Å²) in [6.45, 7) is 5.77. The highest BCUT2D eigenvalue weighted by molar-refractivity contribution is 6.34. The second-order valence-electron chi connectivity index (χ2n) is 2.67. The van der Waals surface area contributed by atoms with Gasteiger partial charge in [-0.2, -0.15) is 0 Å². The lowest BCUT2D eigenvalue weighted by Gasteiger charge is -2.01. The first-order chi connectivity index (χ1) is 5.04. The molecular weight excluding hydrogens is 146 g/mol. The van der Waals surface area contributed by atoms with Crippen LogP contribution in [-0.2, 0) is 9.63 Å². The highest BCUT2D eigenvalue weighted by Crippen LogP contribution is 1.92. The molecule has 0 aliphatic heterocycles. The van der Waals surface area contributed by atoms with Gasteiger partial charge in [0.1, 0.15) is 6.61 Å². The molecule has 0 saturated heterocycles. The van der Waals surface area contributed by atoms with Gasteiger partial charge in [-0.05, 0) is 12.8 Å². The van der Waals surface area contributed by atoms with Crippen LogP contribution in [0, 0.1) is 5.92 Å². The van der Waals surface area contributed by atoms with Crippen molar-refractivity contribution >= 4 is 11.7 Å². The molecule has 0 spiro atoms. The van der Waals surface area contributed by atoms with Gasteiger partial charge in [-0.25, -0.2) is 4.79 Å². The van der Waals surface area contributed by atoms with Crippen molar-refractivity contribution in [3.05, 3.63) is 0 Å². The summed E-state index contributed by atoms with van der Waals surface area (Å²) < 4.78 is 0. The summed E-state index contributed by atoms with van der Waals surface area (Å²) in [6, 6.07) is 0. The molecule has 0 heterocycles. The Morgan fingerprint density at radius 1 is 1.64 bits per heavy atom. The molecule has 0 aromatic heterocycles. The Balaban J connectivity index is 3.65. The van der Waals surface area contributed by atoms with Crippen LogP contribution in [0.2, 0.25) is 0 Å². The van der Waals surface area contributed by atoms with Crippen LogP contribution in [0.15, 0.2) is 5.16 Å². The smallest absolute Gasteiger partial charge is 0.353 e. The summed E-state index contributed by atoms with van der Waals surface area (Å²) in [5.41, 5.74) is -0.0225. The van der Waals surface area contributed by atoms with E-state index < -0.39 is 5.97 Å². The summed E-state index contributed by atoms with van der Waals surface area (Å²) in [5.74, 6) is -0.686. The van der Waals surface area contributed by atoms with Crippen LogP contribution in [0.1, 0.15) is 20.8 Å². The zero-order valence-corrected chi connectivity index (χ0v) is 7.00. The van der Waals surface area contributed by atoms with E-state index >= 15 is 0 Å². The summed E-state index contributed by atoms with van der Waals surface area (Å²) in [7, 11) is 0. The minimum absolute atomic E-state index is 0.0225. The first kappa shape index (κ1) is 9.94. The lowest BCUT2D eigenvalue weighted by molar-refractivity contribution is -0.129. The molecular formula is C7H13NO3. The average molecular weight is 159 g/mol. The van der Waals surface area contributed by atoms with Crippen LogP contribution < -0.4 is 0 Å². The van der Waals surface area contributed by atoms with Crippen LogP contribution in [0.4, 0.5) is 0 Å². The van der Waals surface area contributed by atoms with Crippen molar-refractivity contribution in [2.45, 2.75) is 20.8 Å². The van der Waals surface area contributed by atoms with Crippen molar-refractivity contribution in [2.75, 3.05) is 6.61 Å². The Hall–Kier alpha value is -1.06. The molecule has 4 heteroatoms. The maximum absolute atomic E-state index is 10.2. The van der Waals surface area contributed by atoms with Gasteiger partial charge in [0, 0.05) is 0 Å². The van der Waals surface area contributed by atoms with E-state index in [0.717, 1.165) is 0 Å². The van der Waals surface area contributed by atoms with Crippen LogP contribution in [0.5, 0.6) is 0 Å². The number of aliphatic carboxylic acids is 1. The van der Waals surface area contributed by atoms with Gasteiger partial charge in [0.15, 0.2) is 5.71 Å². The number of hydrogen-bond donors (Lipinski definition) is 1. The van der Waals surface area contributed by atoms with Crippen molar-refractivity contribution in [1.29, 1.82) is 0 Å². The lowest BCUT2D eigenvalue weighted by Crippen LogP contribution is -2.09. The maximum atomic E-state index is 10.2. The van der Waals surface area contributed by atoms with Crippen molar-refractivity contribution < 1.29 is 14.7 Å². The molecule has 0 aliphatic rings. The third kappa shape index (κ3) is 5.39. The molecule has 4 nitrogen and oxygen atoms in total. The number of carbonyl (C=O) groups is 1. The fourth-order valence-corrected chi connectivity index (χ4v) is 0.322. The van der Waals surface area contributed by atoms with E-state index in [1.54, 1.807) is 0 Å².